The molecule has 33 heavy (non-hydrogen) atoms. The van der Waals surface area contributed by atoms with Crippen molar-refractivity contribution in [1.82, 2.24) is 4.90 Å². The molecule has 180 valence electrons. The van der Waals surface area contributed by atoms with E-state index in [1.54, 1.807) is 0 Å². The Morgan fingerprint density at radius 2 is 1.21 bits per heavy atom. The third-order valence-electron chi connectivity index (χ3n) is 7.25. The van der Waals surface area contributed by atoms with Gasteiger partial charge in [-0.3, -0.25) is 4.99 Å². The molecule has 1 aliphatic heterocycles. The van der Waals surface area contributed by atoms with Crippen LogP contribution in [0.3, 0.4) is 0 Å². The highest BCUT2D eigenvalue weighted by atomic mass is 15.1. The zero-order valence-corrected chi connectivity index (χ0v) is 21.0. The number of rotatable bonds is 15. The van der Waals surface area contributed by atoms with Crippen LogP contribution in [0.4, 0.5) is 0 Å². The van der Waals surface area contributed by atoms with E-state index in [4.69, 9.17) is 4.99 Å². The van der Waals surface area contributed by atoms with Gasteiger partial charge in [0.2, 0.25) is 0 Å². The van der Waals surface area contributed by atoms with Gasteiger partial charge in [-0.1, -0.05) is 125 Å². The number of piperidine rings is 1. The summed E-state index contributed by atoms with van der Waals surface area (Å²) < 4.78 is 0. The Hall–Kier alpha value is -2.09. The Morgan fingerprint density at radius 3 is 1.73 bits per heavy atom. The fourth-order valence-electron chi connectivity index (χ4n) is 5.29. The molecule has 1 aliphatic rings. The van der Waals surface area contributed by atoms with Crippen molar-refractivity contribution in [3.8, 4) is 0 Å². The second-order valence-electron chi connectivity index (χ2n) is 9.88. The van der Waals surface area contributed by atoms with Gasteiger partial charge in [-0.25, -0.2) is 0 Å². The van der Waals surface area contributed by atoms with E-state index in [0.717, 1.165) is 19.6 Å². The first-order valence-corrected chi connectivity index (χ1v) is 13.7. The van der Waals surface area contributed by atoms with Crippen LogP contribution in [-0.2, 0) is 0 Å². The summed E-state index contributed by atoms with van der Waals surface area (Å²) in [4.78, 5) is 7.19. The van der Waals surface area contributed by atoms with Crippen molar-refractivity contribution in [1.29, 1.82) is 0 Å². The van der Waals surface area contributed by atoms with Crippen molar-refractivity contribution >= 4 is 6.34 Å². The summed E-state index contributed by atoms with van der Waals surface area (Å²) in [5.41, 5.74) is 2.91. The minimum absolute atomic E-state index is 0.498. The van der Waals surface area contributed by atoms with Crippen LogP contribution in [0.1, 0.15) is 101 Å². The van der Waals surface area contributed by atoms with Crippen LogP contribution in [0.25, 0.3) is 0 Å². The largest absolute Gasteiger partial charge is 0.363 e. The summed E-state index contributed by atoms with van der Waals surface area (Å²) in [5, 5.41) is 0. The van der Waals surface area contributed by atoms with Crippen molar-refractivity contribution in [2.75, 3.05) is 19.6 Å². The molecular formula is C31H46N2. The standard InChI is InChI=1S/C31H46N2/c1-2-3-4-5-6-7-8-9-10-17-24-32-27-33-25-22-30(23-26-33)31(28-18-13-11-14-19-28)29-20-15-12-16-21-29/h11-16,18-21,27,30-31H,2-10,17,22-26H2,1H3. The number of aliphatic imine (C=N–C) groups is 1. The molecule has 0 saturated carbocycles. The molecule has 0 unspecified atom stereocenters. The summed E-state index contributed by atoms with van der Waals surface area (Å²) in [6.07, 6.45) is 18.5. The quantitative estimate of drug-likeness (QED) is 0.152. The van der Waals surface area contributed by atoms with Gasteiger partial charge in [-0.05, 0) is 36.3 Å². The fraction of sp³-hybridized carbons (Fsp3) is 0.581. The third kappa shape index (κ3) is 9.35. The average Bonchev–Trinajstić information content (AvgIpc) is 2.87. The number of benzene rings is 2. The average molecular weight is 447 g/mol. The molecule has 0 aliphatic carbocycles. The van der Waals surface area contributed by atoms with Crippen LogP contribution in [0.15, 0.2) is 65.7 Å². The van der Waals surface area contributed by atoms with E-state index in [-0.39, 0.29) is 0 Å². The molecule has 0 amide bonds. The normalized spacial score (nSPS) is 15.0. The molecule has 2 heteroatoms. The number of nitrogens with zero attached hydrogens (tertiary/aromatic N) is 2. The first kappa shape index (κ1) is 25.5. The van der Waals surface area contributed by atoms with Gasteiger partial charge in [0.15, 0.2) is 0 Å². The first-order chi connectivity index (χ1) is 16.4. The number of likely N-dealkylation sites (tertiary alicyclic amines) is 1. The monoisotopic (exact) mass is 446 g/mol. The van der Waals surface area contributed by atoms with Gasteiger partial charge in [-0.15, -0.1) is 0 Å². The van der Waals surface area contributed by atoms with Gasteiger partial charge in [0.25, 0.3) is 0 Å². The summed E-state index contributed by atoms with van der Waals surface area (Å²) in [6, 6.07) is 22.2. The van der Waals surface area contributed by atoms with Gasteiger partial charge in [0.1, 0.15) is 0 Å². The van der Waals surface area contributed by atoms with E-state index in [0.29, 0.717) is 11.8 Å². The van der Waals surface area contributed by atoms with Crippen LogP contribution < -0.4 is 0 Å². The zero-order chi connectivity index (χ0) is 23.0. The molecule has 2 aromatic carbocycles. The van der Waals surface area contributed by atoms with Gasteiger partial charge >= 0.3 is 0 Å². The van der Waals surface area contributed by atoms with Gasteiger partial charge in [-0.2, -0.15) is 0 Å². The van der Waals surface area contributed by atoms with Gasteiger partial charge in [0, 0.05) is 25.6 Å². The Labute approximate surface area is 203 Å². The SMILES string of the molecule is CCCCCCCCCCCCN=CN1CCC(C(c2ccccc2)c2ccccc2)CC1. The molecule has 1 heterocycles. The number of unbranched alkanes of at least 4 members (excludes halogenated alkanes) is 9. The van der Waals surface area contributed by atoms with Crippen LogP contribution >= 0.6 is 0 Å². The maximum Gasteiger partial charge on any atom is 0.0849 e. The van der Waals surface area contributed by atoms with E-state index < -0.39 is 0 Å². The van der Waals surface area contributed by atoms with Crippen LogP contribution in [0.5, 0.6) is 0 Å². The smallest absolute Gasteiger partial charge is 0.0849 e. The lowest BCUT2D eigenvalue weighted by Crippen LogP contribution is -2.35. The summed E-state index contributed by atoms with van der Waals surface area (Å²) in [6.45, 7) is 5.54. The zero-order valence-electron chi connectivity index (χ0n) is 21.0. The van der Waals surface area contributed by atoms with E-state index in [1.165, 1.54) is 88.2 Å². The van der Waals surface area contributed by atoms with Gasteiger partial charge < -0.3 is 4.90 Å². The highest BCUT2D eigenvalue weighted by Gasteiger charge is 2.28. The Kier molecular flexibility index (Phi) is 12.1. The molecule has 0 spiro atoms. The molecule has 0 atom stereocenters. The lowest BCUT2D eigenvalue weighted by atomic mass is 9.76. The van der Waals surface area contributed by atoms with Crippen molar-refractivity contribution in [3.63, 3.8) is 0 Å². The third-order valence-corrected chi connectivity index (χ3v) is 7.25. The maximum atomic E-state index is 4.75. The molecule has 0 bridgehead atoms. The molecule has 2 aromatic rings. The molecule has 1 saturated heterocycles. The van der Waals surface area contributed by atoms with E-state index in [2.05, 4.69) is 78.8 Å². The molecular weight excluding hydrogens is 400 g/mol. The highest BCUT2D eigenvalue weighted by molar-refractivity contribution is 5.55. The highest BCUT2D eigenvalue weighted by Crippen LogP contribution is 2.37. The molecule has 0 radical (unpaired) electrons. The fourth-order valence-corrected chi connectivity index (χ4v) is 5.29. The number of hydrogen-bond acceptors (Lipinski definition) is 1. The molecule has 1 fully saturated rings. The molecule has 0 aromatic heterocycles. The van der Waals surface area contributed by atoms with Crippen LogP contribution in [-0.4, -0.2) is 30.9 Å². The Bertz CT molecular complexity index is 708. The maximum absolute atomic E-state index is 4.75. The molecule has 3 rings (SSSR count). The first-order valence-electron chi connectivity index (χ1n) is 13.7. The lowest BCUT2D eigenvalue weighted by Gasteiger charge is -2.36. The summed E-state index contributed by atoms with van der Waals surface area (Å²) >= 11 is 0. The lowest BCUT2D eigenvalue weighted by molar-refractivity contribution is 0.254. The van der Waals surface area contributed by atoms with Crippen molar-refractivity contribution < 1.29 is 0 Å². The van der Waals surface area contributed by atoms with E-state index in [1.807, 2.05) is 0 Å². The van der Waals surface area contributed by atoms with E-state index in [9.17, 15) is 0 Å². The predicted octanol–water partition coefficient (Wildman–Crippen LogP) is 8.48. The predicted molar refractivity (Wildman–Crippen MR) is 144 cm³/mol. The Morgan fingerprint density at radius 1 is 0.727 bits per heavy atom. The second kappa shape index (κ2) is 15.7. The van der Waals surface area contributed by atoms with Gasteiger partial charge in [0.05, 0.1) is 6.34 Å². The molecule has 0 N–H and O–H groups in total. The minimum Gasteiger partial charge on any atom is -0.363 e. The van der Waals surface area contributed by atoms with Crippen molar-refractivity contribution in [3.05, 3.63) is 71.8 Å². The topological polar surface area (TPSA) is 15.6 Å². The number of hydrogen-bond donors (Lipinski definition) is 0. The molecule has 2 nitrogen and oxygen atoms in total. The summed E-state index contributed by atoms with van der Waals surface area (Å²) in [5.74, 6) is 1.19. The second-order valence-corrected chi connectivity index (χ2v) is 9.88. The van der Waals surface area contributed by atoms with Crippen LogP contribution in [0.2, 0.25) is 0 Å². The minimum atomic E-state index is 0.498. The Balaban J connectivity index is 1.33. The van der Waals surface area contributed by atoms with E-state index >= 15 is 0 Å². The van der Waals surface area contributed by atoms with Crippen LogP contribution in [0, 0.1) is 5.92 Å². The summed E-state index contributed by atoms with van der Waals surface area (Å²) in [7, 11) is 0. The van der Waals surface area contributed by atoms with Crippen molar-refractivity contribution in [2.45, 2.75) is 89.9 Å². The van der Waals surface area contributed by atoms with Crippen molar-refractivity contribution in [2.24, 2.45) is 10.9 Å².